The fourth-order valence-electron chi connectivity index (χ4n) is 2.19. The van der Waals surface area contributed by atoms with Crippen molar-refractivity contribution in [1.29, 1.82) is 0 Å². The van der Waals surface area contributed by atoms with Gasteiger partial charge in [0, 0.05) is 5.69 Å². The molecule has 0 aliphatic heterocycles. The van der Waals surface area contributed by atoms with Gasteiger partial charge in [-0.1, -0.05) is 0 Å². The van der Waals surface area contributed by atoms with Crippen molar-refractivity contribution in [2.75, 3.05) is 5.32 Å². The number of amides is 1. The Morgan fingerprint density at radius 2 is 1.96 bits per heavy atom. The number of rotatable bonds is 3. The van der Waals surface area contributed by atoms with Gasteiger partial charge in [-0.05, 0) is 36.4 Å². The zero-order valence-corrected chi connectivity index (χ0v) is 13.2. The average Bonchev–Trinajstić information content (AvgIpc) is 2.96. The molecule has 25 heavy (non-hydrogen) atoms. The number of aliphatic hydroxyl groups is 1. The normalized spacial score (nSPS) is 11.7. The third-order valence-electron chi connectivity index (χ3n) is 3.37. The van der Waals surface area contributed by atoms with Gasteiger partial charge in [-0.25, -0.2) is 9.37 Å². The second-order valence-electron chi connectivity index (χ2n) is 5.09. The van der Waals surface area contributed by atoms with Gasteiger partial charge in [0.25, 0.3) is 5.91 Å². The molecule has 9 heteroatoms. The van der Waals surface area contributed by atoms with Gasteiger partial charge in [0.2, 0.25) is 0 Å². The van der Waals surface area contributed by atoms with Crippen LogP contribution >= 0.6 is 11.3 Å². The van der Waals surface area contributed by atoms with E-state index in [1.54, 1.807) is 12.1 Å². The van der Waals surface area contributed by atoms with Crippen LogP contribution in [0.3, 0.4) is 0 Å². The van der Waals surface area contributed by atoms with Crippen LogP contribution in [-0.4, -0.2) is 16.0 Å². The van der Waals surface area contributed by atoms with Crippen molar-refractivity contribution in [2.45, 2.75) is 12.8 Å². The SMILES string of the molecule is O=C(Nc1ccc2sc(CO)nc2c1)c1ccc(C(F)(F)F)cc1F. The van der Waals surface area contributed by atoms with Crippen LogP contribution in [0.25, 0.3) is 10.2 Å². The average molecular weight is 370 g/mol. The minimum absolute atomic E-state index is 0.211. The van der Waals surface area contributed by atoms with Gasteiger partial charge in [0.1, 0.15) is 10.8 Å². The number of thiazole rings is 1. The molecule has 3 aromatic rings. The summed E-state index contributed by atoms with van der Waals surface area (Å²) < 4.78 is 52.2. The fraction of sp³-hybridized carbons (Fsp3) is 0.125. The third kappa shape index (κ3) is 3.62. The van der Waals surface area contributed by atoms with Crippen molar-refractivity contribution in [3.63, 3.8) is 0 Å². The lowest BCUT2D eigenvalue weighted by molar-refractivity contribution is -0.137. The Labute approximate surface area is 142 Å². The van der Waals surface area contributed by atoms with Crippen molar-refractivity contribution >= 4 is 33.1 Å². The van der Waals surface area contributed by atoms with Gasteiger partial charge < -0.3 is 10.4 Å². The molecule has 0 aliphatic rings. The van der Waals surface area contributed by atoms with Gasteiger partial charge in [-0.2, -0.15) is 13.2 Å². The Hall–Kier alpha value is -2.52. The number of benzene rings is 2. The molecule has 1 heterocycles. The second kappa shape index (κ2) is 6.41. The van der Waals surface area contributed by atoms with Gasteiger partial charge in [-0.15, -0.1) is 11.3 Å². The summed E-state index contributed by atoms with van der Waals surface area (Å²) in [5, 5.41) is 12.0. The topological polar surface area (TPSA) is 62.2 Å². The predicted molar refractivity (Wildman–Crippen MR) is 84.9 cm³/mol. The first-order chi connectivity index (χ1) is 11.8. The molecular weight excluding hydrogens is 360 g/mol. The molecular formula is C16H10F4N2O2S. The number of carbonyl (C=O) groups excluding carboxylic acids is 1. The maximum atomic E-state index is 13.8. The van der Waals surface area contributed by atoms with Gasteiger partial charge in [0.15, 0.2) is 0 Å². The van der Waals surface area contributed by atoms with Crippen LogP contribution < -0.4 is 5.32 Å². The lowest BCUT2D eigenvalue weighted by Gasteiger charge is -2.09. The lowest BCUT2D eigenvalue weighted by atomic mass is 10.1. The Bertz CT molecular complexity index is 953. The monoisotopic (exact) mass is 370 g/mol. The molecule has 130 valence electrons. The minimum atomic E-state index is -4.68. The smallest absolute Gasteiger partial charge is 0.389 e. The maximum Gasteiger partial charge on any atom is 0.416 e. The number of hydrogen-bond acceptors (Lipinski definition) is 4. The number of nitrogens with zero attached hydrogens (tertiary/aromatic N) is 1. The van der Waals surface area contributed by atoms with E-state index in [0.29, 0.717) is 22.3 Å². The molecule has 0 bridgehead atoms. The molecule has 0 aliphatic carbocycles. The highest BCUT2D eigenvalue weighted by Gasteiger charge is 2.31. The Morgan fingerprint density at radius 1 is 1.20 bits per heavy atom. The largest absolute Gasteiger partial charge is 0.416 e. The van der Waals surface area contributed by atoms with Crippen molar-refractivity contribution in [3.05, 3.63) is 58.3 Å². The molecule has 0 fully saturated rings. The molecule has 0 atom stereocenters. The number of alkyl halides is 3. The Balaban J connectivity index is 1.84. The molecule has 2 N–H and O–H groups in total. The predicted octanol–water partition coefficient (Wildman–Crippen LogP) is 4.20. The molecule has 1 amide bonds. The molecule has 0 saturated carbocycles. The van der Waals surface area contributed by atoms with Crippen molar-refractivity contribution in [1.82, 2.24) is 4.98 Å². The number of nitrogens with one attached hydrogen (secondary N) is 1. The van der Waals surface area contributed by atoms with E-state index in [4.69, 9.17) is 5.11 Å². The van der Waals surface area contributed by atoms with Crippen LogP contribution in [0.4, 0.5) is 23.2 Å². The van der Waals surface area contributed by atoms with Crippen LogP contribution in [-0.2, 0) is 12.8 Å². The molecule has 0 saturated heterocycles. The zero-order chi connectivity index (χ0) is 18.2. The van der Waals surface area contributed by atoms with Crippen molar-refractivity contribution in [2.24, 2.45) is 0 Å². The zero-order valence-electron chi connectivity index (χ0n) is 12.4. The van der Waals surface area contributed by atoms with Crippen LogP contribution in [0.1, 0.15) is 20.9 Å². The first kappa shape index (κ1) is 17.3. The molecule has 0 unspecified atom stereocenters. The number of halogens is 4. The van der Waals surface area contributed by atoms with Gasteiger partial charge in [0.05, 0.1) is 28.0 Å². The van der Waals surface area contributed by atoms with Crippen LogP contribution in [0.2, 0.25) is 0 Å². The number of hydrogen-bond donors (Lipinski definition) is 2. The highest BCUT2D eigenvalue weighted by atomic mass is 32.1. The summed E-state index contributed by atoms with van der Waals surface area (Å²) in [7, 11) is 0. The van der Waals surface area contributed by atoms with E-state index in [-0.39, 0.29) is 12.7 Å². The molecule has 0 spiro atoms. The minimum Gasteiger partial charge on any atom is -0.389 e. The molecule has 3 rings (SSSR count). The summed E-state index contributed by atoms with van der Waals surface area (Å²) in [6, 6.07) is 6.48. The van der Waals surface area contributed by atoms with E-state index in [9.17, 15) is 22.4 Å². The summed E-state index contributed by atoms with van der Waals surface area (Å²) in [4.78, 5) is 16.2. The quantitative estimate of drug-likeness (QED) is 0.680. The van der Waals surface area contributed by atoms with E-state index in [0.717, 1.165) is 10.8 Å². The van der Waals surface area contributed by atoms with Gasteiger partial charge >= 0.3 is 6.18 Å². The Kier molecular flexibility index (Phi) is 4.44. The number of anilines is 1. The summed E-state index contributed by atoms with van der Waals surface area (Å²) >= 11 is 1.29. The molecule has 0 radical (unpaired) electrons. The van der Waals surface area contributed by atoms with Crippen LogP contribution in [0.5, 0.6) is 0 Å². The van der Waals surface area contributed by atoms with E-state index in [2.05, 4.69) is 10.3 Å². The standard InChI is InChI=1S/C16H10F4N2O2S/c17-11-5-8(16(18,19)20)1-3-10(11)15(24)21-9-2-4-13-12(6-9)22-14(7-23)25-13/h1-6,23H,7H2,(H,21,24). The fourth-order valence-corrected chi connectivity index (χ4v) is 3.00. The summed E-state index contributed by atoms with van der Waals surface area (Å²) in [5.41, 5.74) is -0.810. The third-order valence-corrected chi connectivity index (χ3v) is 4.39. The molecule has 2 aromatic carbocycles. The van der Waals surface area contributed by atoms with E-state index >= 15 is 0 Å². The molecule has 1 aromatic heterocycles. The van der Waals surface area contributed by atoms with Crippen molar-refractivity contribution < 1.29 is 27.5 Å². The number of aromatic nitrogens is 1. The first-order valence-corrected chi connectivity index (χ1v) is 7.78. The second-order valence-corrected chi connectivity index (χ2v) is 6.21. The van der Waals surface area contributed by atoms with Crippen LogP contribution in [0, 0.1) is 5.82 Å². The summed E-state index contributed by atoms with van der Waals surface area (Å²) in [5.74, 6) is -2.13. The van der Waals surface area contributed by atoms with Crippen molar-refractivity contribution in [3.8, 4) is 0 Å². The van der Waals surface area contributed by atoms with Crippen LogP contribution in [0.15, 0.2) is 36.4 Å². The maximum absolute atomic E-state index is 13.8. The number of carbonyl (C=O) groups is 1. The van der Waals surface area contributed by atoms with E-state index < -0.39 is 29.0 Å². The lowest BCUT2D eigenvalue weighted by Crippen LogP contribution is -2.15. The number of aliphatic hydroxyl groups excluding tert-OH is 1. The summed E-state index contributed by atoms with van der Waals surface area (Å²) in [6.45, 7) is -0.211. The van der Waals surface area contributed by atoms with E-state index in [1.165, 1.54) is 17.4 Å². The Morgan fingerprint density at radius 3 is 2.60 bits per heavy atom. The first-order valence-electron chi connectivity index (χ1n) is 6.96. The van der Waals surface area contributed by atoms with Gasteiger partial charge in [-0.3, -0.25) is 4.79 Å². The highest BCUT2D eigenvalue weighted by molar-refractivity contribution is 7.18. The van der Waals surface area contributed by atoms with E-state index in [1.807, 2.05) is 0 Å². The highest BCUT2D eigenvalue weighted by Crippen LogP contribution is 2.30. The number of fused-ring (bicyclic) bond motifs is 1. The summed E-state index contributed by atoms with van der Waals surface area (Å²) in [6.07, 6.45) is -4.68. The molecule has 4 nitrogen and oxygen atoms in total.